The van der Waals surface area contributed by atoms with Crippen LogP contribution in [0.4, 0.5) is 0 Å². The molecule has 1 aliphatic rings. The van der Waals surface area contributed by atoms with Gasteiger partial charge < -0.3 is 4.57 Å². The van der Waals surface area contributed by atoms with E-state index in [1.165, 1.54) is 32.5 Å². The Morgan fingerprint density at radius 1 is 1.25 bits per heavy atom. The van der Waals surface area contributed by atoms with Crippen molar-refractivity contribution in [2.45, 2.75) is 36.9 Å². The van der Waals surface area contributed by atoms with Gasteiger partial charge in [0.05, 0.1) is 10.2 Å². The number of thiophene rings is 1. The first-order valence-electron chi connectivity index (χ1n) is 9.00. The number of fused-ring (bicyclic) bond motifs is 1. The van der Waals surface area contributed by atoms with Gasteiger partial charge in [0, 0.05) is 13.6 Å². The third-order valence-corrected chi connectivity index (χ3v) is 9.62. The molecule has 0 saturated carbocycles. The first-order chi connectivity index (χ1) is 13.3. The Hall–Kier alpha value is -1.81. The molecule has 0 N–H and O–H groups in total. The van der Waals surface area contributed by atoms with Crippen LogP contribution in [0.2, 0.25) is 0 Å². The number of sulfonamides is 1. The average molecular weight is 436 g/mol. The van der Waals surface area contributed by atoms with Crippen LogP contribution in [-0.4, -0.2) is 35.8 Å². The van der Waals surface area contributed by atoms with E-state index in [1.807, 2.05) is 17.7 Å². The number of thiazole rings is 1. The van der Waals surface area contributed by atoms with Crippen molar-refractivity contribution >= 4 is 48.8 Å². The van der Waals surface area contributed by atoms with Crippen LogP contribution in [-0.2, 0) is 21.9 Å². The number of hydrogen-bond acceptors (Lipinski definition) is 5. The average Bonchev–Trinajstić information content (AvgIpc) is 3.39. The minimum Gasteiger partial charge on any atom is -0.319 e. The van der Waals surface area contributed by atoms with Gasteiger partial charge in [0.15, 0.2) is 4.80 Å². The number of hydrogen-bond donors (Lipinski definition) is 0. The fraction of sp³-hybridized carbons (Fsp3) is 0.368. The number of carbonyl (C=O) groups excluding carboxylic acids is 1. The summed E-state index contributed by atoms with van der Waals surface area (Å²) >= 11 is 2.62. The molecule has 0 spiro atoms. The van der Waals surface area contributed by atoms with E-state index in [4.69, 9.17) is 0 Å². The number of aromatic nitrogens is 1. The topological polar surface area (TPSA) is 71.7 Å². The summed E-state index contributed by atoms with van der Waals surface area (Å²) in [7, 11) is -1.77. The van der Waals surface area contributed by atoms with Gasteiger partial charge in [-0.25, -0.2) is 8.42 Å². The number of benzene rings is 1. The Morgan fingerprint density at radius 2 is 2.04 bits per heavy atom. The van der Waals surface area contributed by atoms with Crippen LogP contribution >= 0.6 is 22.7 Å². The molecule has 28 heavy (non-hydrogen) atoms. The van der Waals surface area contributed by atoms with Gasteiger partial charge in [0.1, 0.15) is 10.3 Å². The summed E-state index contributed by atoms with van der Waals surface area (Å²) in [6, 6.07) is 6.64. The van der Waals surface area contributed by atoms with Gasteiger partial charge in [-0.1, -0.05) is 23.5 Å². The summed E-state index contributed by atoms with van der Waals surface area (Å²) in [5.41, 5.74) is 3.40. The Labute approximate surface area is 171 Å². The van der Waals surface area contributed by atoms with Gasteiger partial charge >= 0.3 is 0 Å². The zero-order valence-electron chi connectivity index (χ0n) is 15.9. The van der Waals surface area contributed by atoms with E-state index < -0.39 is 22.0 Å². The summed E-state index contributed by atoms with van der Waals surface area (Å²) in [5.74, 6) is -0.394. The normalized spacial score (nSPS) is 19.0. The van der Waals surface area contributed by atoms with E-state index in [-0.39, 0.29) is 4.21 Å². The smallest absolute Gasteiger partial charge is 0.266 e. The molecular formula is C19H21N3O3S3. The second-order valence-electron chi connectivity index (χ2n) is 6.95. The van der Waals surface area contributed by atoms with Gasteiger partial charge in [-0.3, -0.25) is 4.79 Å². The summed E-state index contributed by atoms with van der Waals surface area (Å²) < 4.78 is 30.4. The van der Waals surface area contributed by atoms with Crippen LogP contribution in [0, 0.1) is 13.8 Å². The highest BCUT2D eigenvalue weighted by Gasteiger charge is 2.39. The van der Waals surface area contributed by atoms with Crippen molar-refractivity contribution in [1.29, 1.82) is 0 Å². The van der Waals surface area contributed by atoms with Gasteiger partial charge in [0.25, 0.3) is 15.9 Å². The monoisotopic (exact) mass is 435 g/mol. The maximum absolute atomic E-state index is 12.9. The minimum absolute atomic E-state index is 0.269. The molecule has 1 fully saturated rings. The molecule has 6 nitrogen and oxygen atoms in total. The van der Waals surface area contributed by atoms with E-state index in [0.29, 0.717) is 24.2 Å². The molecular weight excluding hydrogens is 414 g/mol. The Morgan fingerprint density at radius 3 is 2.75 bits per heavy atom. The van der Waals surface area contributed by atoms with Crippen molar-refractivity contribution in [2.75, 3.05) is 6.54 Å². The number of nitrogens with zero attached hydrogens (tertiary/aromatic N) is 3. The van der Waals surface area contributed by atoms with Crippen molar-refractivity contribution in [2.24, 2.45) is 12.0 Å². The number of rotatable bonds is 3. The highest BCUT2D eigenvalue weighted by atomic mass is 32.2. The van der Waals surface area contributed by atoms with Crippen molar-refractivity contribution in [3.63, 3.8) is 0 Å². The van der Waals surface area contributed by atoms with E-state index in [2.05, 4.69) is 24.9 Å². The zero-order chi connectivity index (χ0) is 20.1. The van der Waals surface area contributed by atoms with Gasteiger partial charge in [-0.05, 0) is 55.3 Å². The predicted octanol–water partition coefficient (Wildman–Crippen LogP) is 3.20. The third-order valence-electron chi connectivity index (χ3n) is 5.24. The first-order valence-corrected chi connectivity index (χ1v) is 12.1. The lowest BCUT2D eigenvalue weighted by atomic mass is 10.1. The van der Waals surface area contributed by atoms with Crippen LogP contribution in [0.15, 0.2) is 38.8 Å². The second-order valence-corrected chi connectivity index (χ2v) is 11.0. The van der Waals surface area contributed by atoms with E-state index in [9.17, 15) is 13.2 Å². The lowest BCUT2D eigenvalue weighted by Crippen LogP contribution is -2.40. The van der Waals surface area contributed by atoms with Crippen LogP contribution < -0.4 is 4.80 Å². The number of amides is 1. The minimum atomic E-state index is -3.66. The highest BCUT2D eigenvalue weighted by Crippen LogP contribution is 2.29. The molecule has 0 bridgehead atoms. The van der Waals surface area contributed by atoms with Crippen molar-refractivity contribution < 1.29 is 13.2 Å². The fourth-order valence-corrected chi connectivity index (χ4v) is 7.46. The van der Waals surface area contributed by atoms with Gasteiger partial charge in [-0.2, -0.15) is 9.30 Å². The maximum atomic E-state index is 12.9. The largest absolute Gasteiger partial charge is 0.319 e. The summed E-state index contributed by atoms with van der Waals surface area (Å²) in [5, 5.41) is 1.73. The summed E-state index contributed by atoms with van der Waals surface area (Å²) in [4.78, 5) is 17.9. The predicted molar refractivity (Wildman–Crippen MR) is 112 cm³/mol. The lowest BCUT2D eigenvalue weighted by Gasteiger charge is -2.20. The number of aryl methyl sites for hydroxylation is 3. The Kier molecular flexibility index (Phi) is 5.03. The molecule has 0 aliphatic carbocycles. The summed E-state index contributed by atoms with van der Waals surface area (Å²) in [6.07, 6.45) is 1.16. The molecule has 1 saturated heterocycles. The molecule has 1 aliphatic heterocycles. The molecule has 1 aromatic carbocycles. The molecule has 1 amide bonds. The maximum Gasteiger partial charge on any atom is 0.266 e. The van der Waals surface area contributed by atoms with E-state index in [0.717, 1.165) is 15.8 Å². The quantitative estimate of drug-likeness (QED) is 0.634. The standard InChI is InChI=1S/C19H21N3O3S3/c1-12-8-9-15-17(13(12)2)21(3)19(27-15)20-18(23)14-6-4-10-22(14)28(24,25)16-7-5-11-26-16/h5,7-9,11,14H,4,6,10H2,1-3H3. The van der Waals surface area contributed by atoms with Gasteiger partial charge in [0.2, 0.25) is 0 Å². The van der Waals surface area contributed by atoms with Crippen LogP contribution in [0.1, 0.15) is 24.0 Å². The van der Waals surface area contributed by atoms with Gasteiger partial charge in [-0.15, -0.1) is 11.3 Å². The summed E-state index contributed by atoms with van der Waals surface area (Å²) in [6.45, 7) is 4.46. The third kappa shape index (κ3) is 3.16. The Bertz CT molecular complexity index is 1220. The molecule has 0 radical (unpaired) electrons. The molecule has 9 heteroatoms. The molecule has 2 aromatic heterocycles. The van der Waals surface area contributed by atoms with Crippen LogP contribution in [0.25, 0.3) is 10.2 Å². The molecule has 1 unspecified atom stereocenters. The van der Waals surface area contributed by atoms with Crippen molar-refractivity contribution in [3.8, 4) is 0 Å². The van der Waals surface area contributed by atoms with Crippen LogP contribution in [0.5, 0.6) is 0 Å². The van der Waals surface area contributed by atoms with E-state index in [1.54, 1.807) is 17.5 Å². The SMILES string of the molecule is Cc1ccc2sc(=NC(=O)C3CCCN3S(=O)(=O)c3cccs3)n(C)c2c1C. The van der Waals surface area contributed by atoms with E-state index >= 15 is 0 Å². The van der Waals surface area contributed by atoms with Crippen molar-refractivity contribution in [1.82, 2.24) is 8.87 Å². The highest BCUT2D eigenvalue weighted by molar-refractivity contribution is 7.91. The molecule has 3 aromatic rings. The Balaban J connectivity index is 1.73. The van der Waals surface area contributed by atoms with Crippen LogP contribution in [0.3, 0.4) is 0 Å². The fourth-order valence-electron chi connectivity index (χ4n) is 3.60. The molecule has 3 heterocycles. The lowest BCUT2D eigenvalue weighted by molar-refractivity contribution is -0.121. The molecule has 148 valence electrons. The molecule has 4 rings (SSSR count). The second kappa shape index (κ2) is 7.22. The van der Waals surface area contributed by atoms with Crippen molar-refractivity contribution in [3.05, 3.63) is 45.6 Å². The molecule has 1 atom stereocenters. The number of carbonyl (C=O) groups is 1. The zero-order valence-corrected chi connectivity index (χ0v) is 18.3. The first kappa shape index (κ1) is 19.5.